The van der Waals surface area contributed by atoms with Crippen LogP contribution in [0.5, 0.6) is 0 Å². The Bertz CT molecular complexity index is 1010. The van der Waals surface area contributed by atoms with Gasteiger partial charge in [0.25, 0.3) is 0 Å². The third-order valence-electron chi connectivity index (χ3n) is 3.10. The van der Waals surface area contributed by atoms with Crippen molar-refractivity contribution in [1.29, 1.82) is 0 Å². The van der Waals surface area contributed by atoms with E-state index in [2.05, 4.69) is 49.1 Å². The molecule has 4 aromatic rings. The lowest BCUT2D eigenvalue weighted by Crippen LogP contribution is -2.20. The van der Waals surface area contributed by atoms with Gasteiger partial charge in [0, 0.05) is 0 Å². The molecule has 0 fully saturated rings. The summed E-state index contributed by atoms with van der Waals surface area (Å²) in [7, 11) is 0. The SMILES string of the molecule is C1=NN(c2nnc(-c3ncon3)s2)C(c2nsnc2-c2cnon2)O1. The number of ether oxygens (including phenoxy) is 1. The van der Waals surface area contributed by atoms with Crippen LogP contribution in [0.3, 0.4) is 0 Å². The molecule has 0 N–H and O–H groups in total. The lowest BCUT2D eigenvalue weighted by molar-refractivity contribution is 0.223. The molecule has 0 saturated heterocycles. The summed E-state index contributed by atoms with van der Waals surface area (Å²) in [5.41, 5.74) is 1.45. The van der Waals surface area contributed by atoms with Crippen molar-refractivity contribution >= 4 is 34.6 Å². The summed E-state index contributed by atoms with van der Waals surface area (Å²) in [6.45, 7) is 0. The fraction of sp³-hybridized carbons (Fsp3) is 0.100. The first kappa shape index (κ1) is 14.1. The van der Waals surface area contributed by atoms with Crippen LogP contribution in [-0.2, 0) is 4.74 Å². The van der Waals surface area contributed by atoms with Crippen molar-refractivity contribution in [2.75, 3.05) is 5.01 Å². The average molecular weight is 376 g/mol. The molecular formula is C10H4N10O3S2. The quantitative estimate of drug-likeness (QED) is 0.498. The van der Waals surface area contributed by atoms with Gasteiger partial charge in [-0.25, -0.2) is 4.63 Å². The molecule has 1 aliphatic heterocycles. The smallest absolute Gasteiger partial charge is 0.241 e. The van der Waals surface area contributed by atoms with E-state index in [1.54, 1.807) is 0 Å². The molecule has 1 unspecified atom stereocenters. The lowest BCUT2D eigenvalue weighted by atomic mass is 10.2. The van der Waals surface area contributed by atoms with E-state index in [-0.39, 0.29) is 0 Å². The minimum atomic E-state index is -0.670. The van der Waals surface area contributed by atoms with E-state index in [1.165, 1.54) is 35.3 Å². The van der Waals surface area contributed by atoms with Crippen molar-refractivity contribution in [3.63, 3.8) is 0 Å². The van der Waals surface area contributed by atoms with Gasteiger partial charge in [-0.05, 0) is 5.16 Å². The molecule has 0 saturated carbocycles. The Kier molecular flexibility index (Phi) is 3.17. The van der Waals surface area contributed by atoms with E-state index in [0.717, 1.165) is 11.7 Å². The summed E-state index contributed by atoms with van der Waals surface area (Å²) >= 11 is 2.24. The highest BCUT2D eigenvalue weighted by molar-refractivity contribution is 7.18. The van der Waals surface area contributed by atoms with Gasteiger partial charge in [-0.2, -0.15) is 18.7 Å². The van der Waals surface area contributed by atoms with E-state index < -0.39 is 6.23 Å². The molecule has 15 heteroatoms. The molecule has 0 radical (unpaired) electrons. The number of nitrogens with zero attached hydrogens (tertiary/aromatic N) is 10. The number of hydrazone groups is 1. The molecule has 13 nitrogen and oxygen atoms in total. The van der Waals surface area contributed by atoms with Crippen LogP contribution < -0.4 is 5.01 Å². The van der Waals surface area contributed by atoms with Crippen molar-refractivity contribution < 1.29 is 13.9 Å². The van der Waals surface area contributed by atoms with Gasteiger partial charge in [0.1, 0.15) is 17.6 Å². The van der Waals surface area contributed by atoms with Crippen LogP contribution in [0.2, 0.25) is 0 Å². The predicted molar refractivity (Wildman–Crippen MR) is 81.2 cm³/mol. The molecule has 5 rings (SSSR count). The number of hydrogen-bond donors (Lipinski definition) is 0. The summed E-state index contributed by atoms with van der Waals surface area (Å²) in [6.07, 6.45) is 3.29. The average Bonchev–Trinajstić information content (AvgIpc) is 3.48. The van der Waals surface area contributed by atoms with Crippen LogP contribution in [0.15, 0.2) is 26.8 Å². The molecule has 1 aliphatic rings. The standard InChI is InChI=1S/C10H4N10O3S2/c1-4(16-23-13-1)5-6(19-25-18-5)9-20(12-3-21-9)10-15-14-8(24-10)7-11-2-22-17-7/h1-3,9H. The highest BCUT2D eigenvalue weighted by atomic mass is 32.1. The topological polar surface area (TPSA) is 154 Å². The van der Waals surface area contributed by atoms with Crippen LogP contribution >= 0.6 is 23.1 Å². The van der Waals surface area contributed by atoms with Gasteiger partial charge in [0.05, 0.1) is 11.7 Å². The molecule has 0 aromatic carbocycles. The molecule has 0 bridgehead atoms. The Morgan fingerprint density at radius 3 is 3.00 bits per heavy atom. The van der Waals surface area contributed by atoms with Crippen molar-refractivity contribution in [1.82, 2.24) is 39.4 Å². The van der Waals surface area contributed by atoms with Crippen LogP contribution in [0.4, 0.5) is 5.13 Å². The van der Waals surface area contributed by atoms with Crippen LogP contribution in [0.1, 0.15) is 11.9 Å². The van der Waals surface area contributed by atoms with Gasteiger partial charge in [0.2, 0.25) is 23.6 Å². The van der Waals surface area contributed by atoms with Crippen molar-refractivity contribution in [2.24, 2.45) is 5.10 Å². The summed E-state index contributed by atoms with van der Waals surface area (Å²) < 4.78 is 23.4. The second kappa shape index (κ2) is 5.64. The molecule has 1 atom stereocenters. The third-order valence-corrected chi connectivity index (χ3v) is 4.55. The first-order valence-corrected chi connectivity index (χ1v) is 8.12. The molecule has 124 valence electrons. The number of anilines is 1. The van der Waals surface area contributed by atoms with Gasteiger partial charge in [-0.15, -0.1) is 15.3 Å². The van der Waals surface area contributed by atoms with E-state index >= 15 is 0 Å². The fourth-order valence-corrected chi connectivity index (χ4v) is 3.38. The Hall–Kier alpha value is -3.33. The second-order valence-corrected chi connectivity index (χ2v) is 5.97. The fourth-order valence-electron chi connectivity index (χ4n) is 2.05. The van der Waals surface area contributed by atoms with E-state index in [0.29, 0.717) is 33.0 Å². The Labute approximate surface area is 145 Å². The maximum absolute atomic E-state index is 5.55. The number of aromatic nitrogens is 8. The van der Waals surface area contributed by atoms with Gasteiger partial charge < -0.3 is 9.26 Å². The second-order valence-electron chi connectivity index (χ2n) is 4.49. The number of rotatable bonds is 4. The Morgan fingerprint density at radius 1 is 1.16 bits per heavy atom. The van der Waals surface area contributed by atoms with E-state index in [4.69, 9.17) is 9.26 Å². The molecule has 0 aliphatic carbocycles. The largest absolute Gasteiger partial charge is 0.450 e. The summed E-state index contributed by atoms with van der Waals surface area (Å²) in [5.74, 6) is 0.342. The van der Waals surface area contributed by atoms with Crippen LogP contribution in [0.25, 0.3) is 22.2 Å². The van der Waals surface area contributed by atoms with Crippen molar-refractivity contribution in [2.45, 2.75) is 6.23 Å². The molecule has 25 heavy (non-hydrogen) atoms. The molecule has 4 aromatic heterocycles. The Balaban J connectivity index is 1.49. The van der Waals surface area contributed by atoms with Crippen molar-refractivity contribution in [3.8, 4) is 22.2 Å². The first-order valence-electron chi connectivity index (χ1n) is 6.58. The van der Waals surface area contributed by atoms with Gasteiger partial charge in [-0.3, -0.25) is 0 Å². The van der Waals surface area contributed by atoms with Crippen molar-refractivity contribution in [3.05, 3.63) is 18.3 Å². The highest BCUT2D eigenvalue weighted by Gasteiger charge is 2.34. The highest BCUT2D eigenvalue weighted by Crippen LogP contribution is 2.37. The van der Waals surface area contributed by atoms with Gasteiger partial charge in [-0.1, -0.05) is 21.7 Å². The third kappa shape index (κ3) is 2.32. The zero-order valence-electron chi connectivity index (χ0n) is 11.8. The van der Waals surface area contributed by atoms with E-state index in [1.807, 2.05) is 0 Å². The summed E-state index contributed by atoms with van der Waals surface area (Å²) in [5, 5.41) is 25.9. The maximum Gasteiger partial charge on any atom is 0.241 e. The minimum absolute atomic E-state index is 0.342. The Morgan fingerprint density at radius 2 is 2.16 bits per heavy atom. The van der Waals surface area contributed by atoms with Gasteiger partial charge >= 0.3 is 0 Å². The molecule has 0 spiro atoms. The van der Waals surface area contributed by atoms with Crippen LogP contribution in [0, 0.1) is 0 Å². The molecule has 0 amide bonds. The zero-order chi connectivity index (χ0) is 16.6. The minimum Gasteiger partial charge on any atom is -0.450 e. The van der Waals surface area contributed by atoms with Gasteiger partial charge in [0.15, 0.2) is 17.1 Å². The molecular weight excluding hydrogens is 372 g/mol. The monoisotopic (exact) mass is 376 g/mol. The maximum atomic E-state index is 5.55. The normalized spacial score (nSPS) is 16.5. The van der Waals surface area contributed by atoms with Crippen LogP contribution in [-0.4, -0.2) is 45.8 Å². The zero-order valence-corrected chi connectivity index (χ0v) is 13.5. The predicted octanol–water partition coefficient (Wildman–Crippen LogP) is 0.968. The van der Waals surface area contributed by atoms with E-state index in [9.17, 15) is 0 Å². The summed E-state index contributed by atoms with van der Waals surface area (Å²) in [4.78, 5) is 3.94. The lowest BCUT2D eigenvalue weighted by Gasteiger charge is -2.17. The first-order chi connectivity index (χ1) is 12.4. The summed E-state index contributed by atoms with van der Waals surface area (Å²) in [6, 6.07) is 0. The number of hydrogen-bond acceptors (Lipinski definition) is 15. The molecule has 5 heterocycles.